The van der Waals surface area contributed by atoms with E-state index in [9.17, 15) is 4.79 Å². The number of rotatable bonds is 1. The minimum atomic E-state index is -1.06. The van der Waals surface area contributed by atoms with Gasteiger partial charge >= 0.3 is 0 Å². The zero-order chi connectivity index (χ0) is 23.1. The number of aromatic nitrogens is 2. The molecule has 2 atom stereocenters. The number of alkyl halides is 1. The number of carbonyl (C=O) groups excluding carboxylic acids is 1. The average Bonchev–Trinajstić information content (AvgIpc) is 3.51. The molecule has 0 radical (unpaired) electrons. The Hall–Kier alpha value is -3.11. The second kappa shape index (κ2) is 5.92. The minimum Gasteiger partial charge on any atom is -0.321 e. The maximum absolute atomic E-state index is 13.3. The second-order valence-corrected chi connectivity index (χ2v) is 11.9. The summed E-state index contributed by atoms with van der Waals surface area (Å²) in [6.45, 7) is 4.13. The summed E-state index contributed by atoms with van der Waals surface area (Å²) >= 11 is -1.06. The first kappa shape index (κ1) is 19.2. The molecule has 8 heteroatoms. The van der Waals surface area contributed by atoms with E-state index in [4.69, 9.17) is 13.7 Å². The number of nitrogens with zero attached hydrogens (tertiary/aromatic N) is 2. The fourth-order valence-electron chi connectivity index (χ4n) is 6.49. The highest BCUT2D eigenvalue weighted by atomic mass is 127. The van der Waals surface area contributed by atoms with Crippen LogP contribution in [0.15, 0.2) is 36.4 Å². The van der Waals surface area contributed by atoms with Gasteiger partial charge in [0.2, 0.25) is 3.73 Å². The van der Waals surface area contributed by atoms with E-state index in [-0.39, 0.29) is 18.0 Å². The van der Waals surface area contributed by atoms with E-state index in [1.165, 1.54) is 0 Å². The van der Waals surface area contributed by atoms with Crippen molar-refractivity contribution in [3.8, 4) is 0 Å². The molecule has 1 fully saturated rings. The predicted molar refractivity (Wildman–Crippen MR) is 140 cm³/mol. The van der Waals surface area contributed by atoms with Gasteiger partial charge in [-0.25, -0.2) is 0 Å². The summed E-state index contributed by atoms with van der Waals surface area (Å²) in [5, 5.41) is 15.5. The number of ether oxygens (including phenoxy) is 1. The maximum atomic E-state index is 13.3. The van der Waals surface area contributed by atoms with Crippen molar-refractivity contribution in [2.45, 2.75) is 36.6 Å². The Labute approximate surface area is 204 Å². The first-order chi connectivity index (χ1) is 16.4. The topological polar surface area (TPSA) is 95.9 Å². The molecule has 1 amide bonds. The third-order valence-corrected chi connectivity index (χ3v) is 9.88. The lowest BCUT2D eigenvalue weighted by Crippen LogP contribution is -2.25. The fourth-order valence-corrected chi connectivity index (χ4v) is 8.24. The lowest BCUT2D eigenvalue weighted by atomic mass is 9.95. The fraction of sp³-hybridized carbons (Fsp3) is 0.231. The summed E-state index contributed by atoms with van der Waals surface area (Å²) in [6.07, 6.45) is 1.44. The zero-order valence-corrected chi connectivity index (χ0v) is 20.7. The summed E-state index contributed by atoms with van der Waals surface area (Å²) in [5.41, 5.74) is 7.58. The van der Waals surface area contributed by atoms with Crippen LogP contribution < -0.4 is 5.32 Å². The number of halogens is 1. The van der Waals surface area contributed by atoms with Gasteiger partial charge in [-0.1, -0.05) is 23.3 Å². The SMILES string of the molecule is Cc1ccc2c(c1)c1c3c(c4c5cc(C)ccc5n5c4c1n2[C@@H]1CC[C@@]5(I=N)O1)C(=N)NC3=O. The van der Waals surface area contributed by atoms with Crippen molar-refractivity contribution in [2.24, 2.45) is 0 Å². The highest BCUT2D eigenvalue weighted by Gasteiger charge is 2.49. The molecule has 8 rings (SSSR count). The monoisotopic (exact) mass is 561 g/mol. The van der Waals surface area contributed by atoms with Gasteiger partial charge in [-0.2, -0.15) is 0 Å². The van der Waals surface area contributed by atoms with Crippen molar-refractivity contribution >= 4 is 76.4 Å². The van der Waals surface area contributed by atoms with E-state index in [0.717, 1.165) is 67.6 Å². The first-order valence-corrected chi connectivity index (χ1v) is 13.5. The molecule has 1 saturated heterocycles. The third kappa shape index (κ3) is 1.97. The van der Waals surface area contributed by atoms with Crippen molar-refractivity contribution in [1.29, 1.82) is 8.97 Å². The quantitative estimate of drug-likeness (QED) is 0.167. The molecule has 3 aliphatic rings. The number of hydrogen-bond donors (Lipinski definition) is 3. The molecular weight excluding hydrogens is 541 g/mol. The van der Waals surface area contributed by atoms with E-state index in [2.05, 4.69) is 64.7 Å². The van der Waals surface area contributed by atoms with E-state index >= 15 is 0 Å². The summed E-state index contributed by atoms with van der Waals surface area (Å²) in [6, 6.07) is 12.8. The van der Waals surface area contributed by atoms with Gasteiger partial charge in [0, 0.05) is 54.6 Å². The number of hydrogen-bond acceptors (Lipinski definition) is 4. The Morgan fingerprint density at radius 1 is 1.03 bits per heavy atom. The predicted octanol–water partition coefficient (Wildman–Crippen LogP) is 6.25. The number of amides is 1. The van der Waals surface area contributed by atoms with Crippen LogP contribution in [-0.2, 0) is 8.47 Å². The van der Waals surface area contributed by atoms with Crippen LogP contribution in [0.1, 0.15) is 46.1 Å². The van der Waals surface area contributed by atoms with Crippen molar-refractivity contribution in [3.05, 3.63) is 58.7 Å². The molecule has 3 N–H and O–H groups in total. The van der Waals surface area contributed by atoms with Gasteiger partial charge < -0.3 is 19.2 Å². The second-order valence-electron chi connectivity index (χ2n) is 9.67. The average molecular weight is 561 g/mol. The van der Waals surface area contributed by atoms with Gasteiger partial charge in [0.05, 0.1) is 27.6 Å². The van der Waals surface area contributed by atoms with Gasteiger partial charge in [0.1, 0.15) is 12.1 Å². The van der Waals surface area contributed by atoms with Crippen molar-refractivity contribution < 1.29 is 9.53 Å². The Kier molecular flexibility index (Phi) is 3.35. The van der Waals surface area contributed by atoms with Crippen LogP contribution in [0.3, 0.4) is 0 Å². The third-order valence-electron chi connectivity index (χ3n) is 7.76. The first-order valence-electron chi connectivity index (χ1n) is 11.4. The van der Waals surface area contributed by atoms with E-state index in [1.807, 2.05) is 0 Å². The van der Waals surface area contributed by atoms with Crippen LogP contribution in [0.4, 0.5) is 0 Å². The lowest BCUT2D eigenvalue weighted by molar-refractivity contribution is -0.0364. The van der Waals surface area contributed by atoms with Gasteiger partial charge in [0.25, 0.3) is 5.91 Å². The molecule has 0 spiro atoms. The van der Waals surface area contributed by atoms with Crippen molar-refractivity contribution in [3.63, 3.8) is 0 Å². The molecule has 7 nitrogen and oxygen atoms in total. The molecular formula is C26H20IN5O2. The van der Waals surface area contributed by atoms with Gasteiger partial charge in [-0.15, -0.1) is 0 Å². The van der Waals surface area contributed by atoms with Crippen molar-refractivity contribution in [2.75, 3.05) is 0 Å². The normalized spacial score (nSPS) is 23.1. The number of benzene rings is 3. The van der Waals surface area contributed by atoms with E-state index in [0.29, 0.717) is 11.1 Å². The molecule has 2 aromatic heterocycles. The van der Waals surface area contributed by atoms with Crippen LogP contribution in [0.5, 0.6) is 0 Å². The van der Waals surface area contributed by atoms with Crippen LogP contribution in [0.2, 0.25) is 0 Å². The smallest absolute Gasteiger partial charge is 0.258 e. The molecule has 168 valence electrons. The molecule has 5 heterocycles. The summed E-state index contributed by atoms with van der Waals surface area (Å²) < 4.78 is 19.4. The lowest BCUT2D eigenvalue weighted by Gasteiger charge is -2.26. The minimum absolute atomic E-state index is 0.154. The number of amidine groups is 1. The summed E-state index contributed by atoms with van der Waals surface area (Å²) in [5.74, 6) is -0.0603. The highest BCUT2D eigenvalue weighted by molar-refractivity contribution is 14.1. The van der Waals surface area contributed by atoms with Gasteiger partial charge in [0.15, 0.2) is 0 Å². The standard InChI is InChI=1S/C26H20IN5O2/c1-11-3-5-15-13(9-11)19-21-20(24(28)30-25(21)33)18-14-10-12(2)4-6-16(14)32-23(18)22(19)31(15)17-7-8-26(32,27-29)34-17/h3-6,9-10,17,29H,7-8H2,1-2H3,(H2,28,30,33)/t17-,26-/m0/s1. The van der Waals surface area contributed by atoms with Crippen molar-refractivity contribution in [1.82, 2.24) is 14.5 Å². The summed E-state index contributed by atoms with van der Waals surface area (Å²) in [7, 11) is 0. The maximum Gasteiger partial charge on any atom is 0.258 e. The van der Waals surface area contributed by atoms with Gasteiger partial charge in [-0.3, -0.25) is 13.8 Å². The molecule has 34 heavy (non-hydrogen) atoms. The van der Waals surface area contributed by atoms with Crippen LogP contribution in [0, 0.1) is 22.8 Å². The van der Waals surface area contributed by atoms with Crippen LogP contribution in [-0.4, -0.2) is 20.9 Å². The molecule has 3 aliphatic heterocycles. The number of fused-ring (bicyclic) bond motifs is 13. The Bertz CT molecular complexity index is 1860. The highest BCUT2D eigenvalue weighted by Crippen LogP contribution is 2.57. The van der Waals surface area contributed by atoms with Gasteiger partial charge in [-0.05, 0) is 44.5 Å². The van der Waals surface area contributed by atoms with E-state index < -0.39 is 24.8 Å². The largest absolute Gasteiger partial charge is 0.321 e. The van der Waals surface area contributed by atoms with E-state index in [1.54, 1.807) is 0 Å². The number of aryl methyl sites for hydroxylation is 2. The van der Waals surface area contributed by atoms with Crippen LogP contribution >= 0.6 is 21.0 Å². The Balaban J connectivity index is 1.81. The van der Waals surface area contributed by atoms with Crippen LogP contribution in [0.25, 0.3) is 43.6 Å². The Morgan fingerprint density at radius 3 is 2.44 bits per heavy atom. The number of nitrogens with one attached hydrogen (secondary N) is 3. The number of carbonyl (C=O) groups is 1. The molecule has 0 unspecified atom stereocenters. The molecule has 0 aliphatic carbocycles. The molecule has 2 bridgehead atoms. The molecule has 5 aromatic rings. The molecule has 3 aromatic carbocycles. The summed E-state index contributed by atoms with van der Waals surface area (Å²) in [4.78, 5) is 13.3. The molecule has 0 saturated carbocycles. The zero-order valence-electron chi connectivity index (χ0n) is 18.5. The Morgan fingerprint density at radius 2 is 1.71 bits per heavy atom.